The van der Waals surface area contributed by atoms with Crippen LogP contribution in [0.1, 0.15) is 70.6 Å². The van der Waals surface area contributed by atoms with Crippen LogP contribution in [0.4, 0.5) is 0 Å². The number of rotatable bonds is 1. The van der Waals surface area contributed by atoms with Gasteiger partial charge >= 0.3 is 0 Å². The van der Waals surface area contributed by atoms with Gasteiger partial charge in [0, 0.05) is 12.6 Å². The average molecular weight is 276 g/mol. The number of nitrogens with one attached hydrogen (secondary N) is 2. The number of piperidine rings is 1. The Bertz CT molecular complexity index is 333. The molecule has 0 aromatic carbocycles. The van der Waals surface area contributed by atoms with Gasteiger partial charge in [-0.05, 0) is 68.4 Å². The van der Waals surface area contributed by atoms with Crippen molar-refractivity contribution in [1.29, 1.82) is 0 Å². The standard InChI is InChI=1S/C18H32N2/c1-2-4-8-17(7-3-1)10-11-20-16(17)18-9-5-6-15(12-18)13-19-14-18/h15-16,19-20H,1-14H2. The fraction of sp³-hybridized carbons (Fsp3) is 1.00. The number of hydrogen-bond donors (Lipinski definition) is 2. The highest BCUT2D eigenvalue weighted by molar-refractivity contribution is 5.10. The first-order chi connectivity index (χ1) is 9.83. The molecule has 4 rings (SSSR count). The molecular formula is C18H32N2. The van der Waals surface area contributed by atoms with E-state index in [0.717, 1.165) is 12.0 Å². The lowest BCUT2D eigenvalue weighted by atomic mass is 9.56. The van der Waals surface area contributed by atoms with Gasteiger partial charge in [0.25, 0.3) is 0 Å². The maximum absolute atomic E-state index is 4.02. The monoisotopic (exact) mass is 276 g/mol. The molecule has 4 aliphatic rings. The van der Waals surface area contributed by atoms with Crippen LogP contribution < -0.4 is 10.6 Å². The molecule has 4 fully saturated rings. The molecule has 2 aliphatic carbocycles. The Hall–Kier alpha value is -0.0800. The van der Waals surface area contributed by atoms with Gasteiger partial charge in [-0.2, -0.15) is 0 Å². The minimum Gasteiger partial charge on any atom is -0.316 e. The van der Waals surface area contributed by atoms with Crippen molar-refractivity contribution in [3.8, 4) is 0 Å². The van der Waals surface area contributed by atoms with Crippen molar-refractivity contribution in [1.82, 2.24) is 10.6 Å². The molecule has 114 valence electrons. The molecule has 3 atom stereocenters. The lowest BCUT2D eigenvalue weighted by molar-refractivity contribution is 0.00507. The van der Waals surface area contributed by atoms with Crippen LogP contribution in [-0.4, -0.2) is 25.7 Å². The first-order valence-electron chi connectivity index (χ1n) is 9.27. The van der Waals surface area contributed by atoms with Gasteiger partial charge in [0.15, 0.2) is 0 Å². The Balaban J connectivity index is 1.62. The highest BCUT2D eigenvalue weighted by Gasteiger charge is 2.54. The van der Waals surface area contributed by atoms with Crippen LogP contribution >= 0.6 is 0 Å². The van der Waals surface area contributed by atoms with Crippen molar-refractivity contribution >= 4 is 0 Å². The summed E-state index contributed by atoms with van der Waals surface area (Å²) >= 11 is 0. The van der Waals surface area contributed by atoms with E-state index < -0.39 is 0 Å². The summed E-state index contributed by atoms with van der Waals surface area (Å²) in [5, 5.41) is 7.82. The maximum atomic E-state index is 4.02. The minimum atomic E-state index is 0.599. The van der Waals surface area contributed by atoms with E-state index in [2.05, 4.69) is 10.6 Å². The predicted molar refractivity (Wildman–Crippen MR) is 83.8 cm³/mol. The average Bonchev–Trinajstić information content (AvgIpc) is 2.72. The third-order valence-electron chi connectivity index (χ3n) is 7.19. The van der Waals surface area contributed by atoms with E-state index in [9.17, 15) is 0 Å². The molecule has 2 heterocycles. The molecule has 0 radical (unpaired) electrons. The van der Waals surface area contributed by atoms with Crippen LogP contribution in [0.2, 0.25) is 0 Å². The SMILES string of the molecule is C1CCCC2(CC1)CCNC2C12CCCC(CNC1)C2. The quantitative estimate of drug-likeness (QED) is 0.766. The third-order valence-corrected chi connectivity index (χ3v) is 7.19. The molecular weight excluding hydrogens is 244 g/mol. The minimum absolute atomic E-state index is 0.599. The second kappa shape index (κ2) is 5.28. The smallest absolute Gasteiger partial charge is 0.0193 e. The Morgan fingerprint density at radius 1 is 0.800 bits per heavy atom. The Morgan fingerprint density at radius 2 is 1.60 bits per heavy atom. The van der Waals surface area contributed by atoms with Gasteiger partial charge in [-0.25, -0.2) is 0 Å². The molecule has 2 heteroatoms. The molecule has 2 saturated heterocycles. The maximum Gasteiger partial charge on any atom is 0.0193 e. The zero-order chi connectivity index (χ0) is 13.5. The highest BCUT2D eigenvalue weighted by Crippen LogP contribution is 2.55. The molecule has 0 aromatic heterocycles. The summed E-state index contributed by atoms with van der Waals surface area (Å²) in [4.78, 5) is 0. The Kier molecular flexibility index (Phi) is 3.58. The van der Waals surface area contributed by atoms with E-state index in [1.807, 2.05) is 0 Å². The predicted octanol–water partition coefficient (Wildman–Crippen LogP) is 3.47. The largest absolute Gasteiger partial charge is 0.316 e. The van der Waals surface area contributed by atoms with Crippen molar-refractivity contribution in [2.45, 2.75) is 76.7 Å². The van der Waals surface area contributed by atoms with E-state index >= 15 is 0 Å². The molecule has 3 unspecified atom stereocenters. The lowest BCUT2D eigenvalue weighted by Gasteiger charge is -2.54. The highest BCUT2D eigenvalue weighted by atomic mass is 15.0. The summed E-state index contributed by atoms with van der Waals surface area (Å²) in [6, 6.07) is 0.823. The topological polar surface area (TPSA) is 24.1 Å². The van der Waals surface area contributed by atoms with Gasteiger partial charge in [0.2, 0.25) is 0 Å². The zero-order valence-electron chi connectivity index (χ0n) is 13.1. The van der Waals surface area contributed by atoms with Gasteiger partial charge in [0.1, 0.15) is 0 Å². The van der Waals surface area contributed by atoms with Crippen molar-refractivity contribution in [2.75, 3.05) is 19.6 Å². The van der Waals surface area contributed by atoms with Gasteiger partial charge in [-0.3, -0.25) is 0 Å². The molecule has 2 nitrogen and oxygen atoms in total. The Labute approximate surface area is 124 Å². The molecule has 2 N–H and O–H groups in total. The van der Waals surface area contributed by atoms with E-state index in [1.54, 1.807) is 0 Å². The summed E-state index contributed by atoms with van der Waals surface area (Å²) in [5.74, 6) is 0.975. The van der Waals surface area contributed by atoms with Crippen LogP contribution in [0, 0.1) is 16.7 Å². The Morgan fingerprint density at radius 3 is 2.45 bits per heavy atom. The first-order valence-corrected chi connectivity index (χ1v) is 9.27. The van der Waals surface area contributed by atoms with Gasteiger partial charge in [-0.15, -0.1) is 0 Å². The lowest BCUT2D eigenvalue weighted by Crippen LogP contribution is -2.59. The van der Waals surface area contributed by atoms with E-state index in [1.165, 1.54) is 90.3 Å². The van der Waals surface area contributed by atoms with E-state index in [4.69, 9.17) is 0 Å². The van der Waals surface area contributed by atoms with E-state index in [-0.39, 0.29) is 0 Å². The van der Waals surface area contributed by atoms with Crippen molar-refractivity contribution in [2.24, 2.45) is 16.7 Å². The van der Waals surface area contributed by atoms with Gasteiger partial charge < -0.3 is 10.6 Å². The molecule has 0 aromatic rings. The molecule has 2 bridgehead atoms. The van der Waals surface area contributed by atoms with Crippen LogP contribution in [0.3, 0.4) is 0 Å². The molecule has 20 heavy (non-hydrogen) atoms. The second-order valence-electron chi connectivity index (χ2n) is 8.37. The molecule has 2 saturated carbocycles. The third kappa shape index (κ3) is 2.14. The van der Waals surface area contributed by atoms with Crippen LogP contribution in [-0.2, 0) is 0 Å². The molecule has 0 amide bonds. The zero-order valence-corrected chi connectivity index (χ0v) is 13.1. The molecule has 1 spiro atoms. The number of hydrogen-bond acceptors (Lipinski definition) is 2. The summed E-state index contributed by atoms with van der Waals surface area (Å²) < 4.78 is 0. The van der Waals surface area contributed by atoms with Crippen LogP contribution in [0.15, 0.2) is 0 Å². The van der Waals surface area contributed by atoms with Crippen molar-refractivity contribution in [3.63, 3.8) is 0 Å². The fourth-order valence-corrected chi connectivity index (χ4v) is 6.41. The van der Waals surface area contributed by atoms with Crippen LogP contribution in [0.5, 0.6) is 0 Å². The summed E-state index contributed by atoms with van der Waals surface area (Å²) in [6.07, 6.45) is 16.4. The number of fused-ring (bicyclic) bond motifs is 2. The summed E-state index contributed by atoms with van der Waals surface area (Å²) in [7, 11) is 0. The summed E-state index contributed by atoms with van der Waals surface area (Å²) in [5.41, 5.74) is 1.26. The van der Waals surface area contributed by atoms with Gasteiger partial charge in [0.05, 0.1) is 0 Å². The normalized spacial score (nSPS) is 44.4. The molecule has 2 aliphatic heterocycles. The van der Waals surface area contributed by atoms with Crippen LogP contribution in [0.25, 0.3) is 0 Å². The first kappa shape index (κ1) is 13.6. The van der Waals surface area contributed by atoms with Crippen molar-refractivity contribution in [3.05, 3.63) is 0 Å². The van der Waals surface area contributed by atoms with Crippen molar-refractivity contribution < 1.29 is 0 Å². The second-order valence-corrected chi connectivity index (χ2v) is 8.37. The van der Waals surface area contributed by atoms with Gasteiger partial charge in [-0.1, -0.05) is 32.1 Å². The van der Waals surface area contributed by atoms with E-state index in [0.29, 0.717) is 10.8 Å². The fourth-order valence-electron chi connectivity index (χ4n) is 6.41. The summed E-state index contributed by atoms with van der Waals surface area (Å²) in [6.45, 7) is 3.88.